The predicted octanol–water partition coefficient (Wildman–Crippen LogP) is 1.81. The van der Waals surface area contributed by atoms with Crippen LogP contribution in [-0.2, 0) is 5.66 Å². The van der Waals surface area contributed by atoms with Crippen LogP contribution in [0.2, 0.25) is 0 Å². The highest BCUT2D eigenvalue weighted by Gasteiger charge is 2.45. The molecule has 2 fully saturated rings. The first-order valence-electron chi connectivity index (χ1n) is 11.0. The fourth-order valence-corrected chi connectivity index (χ4v) is 5.40. The van der Waals surface area contributed by atoms with Crippen LogP contribution in [0.4, 0.5) is 5.95 Å². The van der Waals surface area contributed by atoms with Gasteiger partial charge in [0.2, 0.25) is 11.9 Å². The SMILES string of the molecule is CN1CCN(N2CN=C3NC4(CCCCC4)n4c(nc5ccccc54)N3C2)CC1. The average molecular weight is 395 g/mol. The molecule has 8 heteroatoms. The van der Waals surface area contributed by atoms with E-state index in [1.54, 1.807) is 0 Å². The molecular weight excluding hydrogens is 364 g/mol. The molecule has 0 atom stereocenters. The van der Waals surface area contributed by atoms with Gasteiger partial charge in [-0.15, -0.1) is 0 Å². The van der Waals surface area contributed by atoms with Crippen molar-refractivity contribution in [1.29, 1.82) is 0 Å². The maximum absolute atomic E-state index is 5.09. The molecule has 1 aliphatic carbocycles. The van der Waals surface area contributed by atoms with E-state index in [0.29, 0.717) is 0 Å². The molecule has 1 N–H and O–H groups in total. The van der Waals surface area contributed by atoms with Gasteiger partial charge in [-0.2, -0.15) is 0 Å². The van der Waals surface area contributed by atoms with Gasteiger partial charge in [0, 0.05) is 26.2 Å². The molecule has 1 saturated carbocycles. The summed E-state index contributed by atoms with van der Waals surface area (Å²) in [5, 5.41) is 8.71. The lowest BCUT2D eigenvalue weighted by molar-refractivity contribution is -0.0536. The summed E-state index contributed by atoms with van der Waals surface area (Å²) in [6.07, 6.45) is 6.09. The second-order valence-corrected chi connectivity index (χ2v) is 8.91. The number of aliphatic imine (C=N–C) groups is 1. The van der Waals surface area contributed by atoms with E-state index in [-0.39, 0.29) is 5.66 Å². The zero-order chi connectivity index (χ0) is 19.4. The van der Waals surface area contributed by atoms with Gasteiger partial charge in [0.15, 0.2) is 0 Å². The molecule has 1 aromatic carbocycles. The number of fused-ring (bicyclic) bond motifs is 6. The highest BCUT2D eigenvalue weighted by atomic mass is 15.7. The van der Waals surface area contributed by atoms with Gasteiger partial charge in [0.25, 0.3) is 0 Å². The fraction of sp³-hybridized carbons (Fsp3) is 0.619. The first-order valence-corrected chi connectivity index (χ1v) is 11.0. The van der Waals surface area contributed by atoms with E-state index in [9.17, 15) is 0 Å². The Morgan fingerprint density at radius 3 is 2.59 bits per heavy atom. The summed E-state index contributed by atoms with van der Waals surface area (Å²) in [6.45, 7) is 5.85. The van der Waals surface area contributed by atoms with Crippen LogP contribution < -0.4 is 10.2 Å². The zero-order valence-electron chi connectivity index (χ0n) is 17.2. The second kappa shape index (κ2) is 6.68. The summed E-state index contributed by atoms with van der Waals surface area (Å²) in [7, 11) is 2.20. The van der Waals surface area contributed by atoms with Crippen molar-refractivity contribution in [3.63, 3.8) is 0 Å². The molecule has 0 unspecified atom stereocenters. The number of para-hydroxylation sites is 2. The molecule has 29 heavy (non-hydrogen) atoms. The van der Waals surface area contributed by atoms with Crippen molar-refractivity contribution >= 4 is 22.9 Å². The largest absolute Gasteiger partial charge is 0.333 e. The Morgan fingerprint density at radius 2 is 1.76 bits per heavy atom. The van der Waals surface area contributed by atoms with Crippen molar-refractivity contribution in [2.45, 2.75) is 37.8 Å². The van der Waals surface area contributed by atoms with Gasteiger partial charge in [0.1, 0.15) is 12.3 Å². The third kappa shape index (κ3) is 2.77. The van der Waals surface area contributed by atoms with Gasteiger partial charge in [-0.1, -0.05) is 18.6 Å². The number of hydrogen-bond acceptors (Lipinski definition) is 7. The van der Waals surface area contributed by atoms with Crippen molar-refractivity contribution in [3.8, 4) is 0 Å². The van der Waals surface area contributed by atoms with Crippen LogP contribution in [0, 0.1) is 0 Å². The lowest BCUT2D eigenvalue weighted by atomic mass is 9.88. The average Bonchev–Trinajstić information content (AvgIpc) is 3.16. The topological polar surface area (TPSA) is 55.2 Å². The molecular formula is C21H30N8. The summed E-state index contributed by atoms with van der Waals surface area (Å²) in [5.41, 5.74) is 2.22. The van der Waals surface area contributed by atoms with E-state index in [2.05, 4.69) is 61.0 Å². The number of benzene rings is 1. The van der Waals surface area contributed by atoms with Crippen molar-refractivity contribution in [2.24, 2.45) is 4.99 Å². The third-order valence-electron chi connectivity index (χ3n) is 7.06. The van der Waals surface area contributed by atoms with Crippen LogP contribution in [0.5, 0.6) is 0 Å². The molecule has 154 valence electrons. The van der Waals surface area contributed by atoms with Crippen molar-refractivity contribution in [2.75, 3.05) is 51.5 Å². The molecule has 1 saturated heterocycles. The quantitative estimate of drug-likeness (QED) is 0.796. The van der Waals surface area contributed by atoms with Crippen LogP contribution in [-0.4, -0.2) is 77.0 Å². The Labute approximate surface area is 171 Å². The molecule has 8 nitrogen and oxygen atoms in total. The van der Waals surface area contributed by atoms with Gasteiger partial charge in [-0.25, -0.2) is 20.0 Å². The number of hydrogen-bond donors (Lipinski definition) is 1. The number of likely N-dealkylation sites (N-methyl/N-ethyl adjacent to an activating group) is 1. The summed E-state index contributed by atoms with van der Waals surface area (Å²) in [5.74, 6) is 2.05. The fourth-order valence-electron chi connectivity index (χ4n) is 5.40. The molecule has 2 aromatic rings. The number of anilines is 1. The smallest absolute Gasteiger partial charge is 0.216 e. The highest BCUT2D eigenvalue weighted by molar-refractivity contribution is 5.99. The minimum Gasteiger partial charge on any atom is -0.333 e. The molecule has 0 bridgehead atoms. The first-order chi connectivity index (χ1) is 14.2. The van der Waals surface area contributed by atoms with E-state index >= 15 is 0 Å². The molecule has 0 amide bonds. The standard InChI is InChI=1S/C21H30N8/c1-25-11-13-26(14-12-25)27-15-22-19-24-21(9-5-2-6-10-21)29-18-8-4-3-7-17(18)23-20(29)28(19)16-27/h3-4,7-8H,2,5-6,9-16H2,1H3,(H,22,24). The number of rotatable bonds is 1. The summed E-state index contributed by atoms with van der Waals surface area (Å²) < 4.78 is 2.48. The van der Waals surface area contributed by atoms with Crippen LogP contribution in [0.25, 0.3) is 11.0 Å². The Balaban J connectivity index is 1.41. The van der Waals surface area contributed by atoms with Crippen molar-refractivity contribution < 1.29 is 0 Å². The molecule has 1 aromatic heterocycles. The predicted molar refractivity (Wildman–Crippen MR) is 114 cm³/mol. The van der Waals surface area contributed by atoms with Crippen LogP contribution >= 0.6 is 0 Å². The molecule has 3 aliphatic heterocycles. The monoisotopic (exact) mass is 394 g/mol. The van der Waals surface area contributed by atoms with E-state index < -0.39 is 0 Å². The Hall–Kier alpha value is -2.16. The third-order valence-corrected chi connectivity index (χ3v) is 7.06. The first kappa shape index (κ1) is 17.7. The maximum Gasteiger partial charge on any atom is 0.216 e. The number of nitrogens with zero attached hydrogens (tertiary/aromatic N) is 7. The number of imidazole rings is 1. The van der Waals surface area contributed by atoms with Gasteiger partial charge in [-0.05, 0) is 44.9 Å². The van der Waals surface area contributed by atoms with Crippen LogP contribution in [0.15, 0.2) is 29.3 Å². The zero-order valence-corrected chi connectivity index (χ0v) is 17.2. The number of guanidine groups is 1. The highest BCUT2D eigenvalue weighted by Crippen LogP contribution is 2.41. The molecule has 4 heterocycles. The second-order valence-electron chi connectivity index (χ2n) is 8.91. The van der Waals surface area contributed by atoms with Gasteiger partial charge in [-0.3, -0.25) is 9.47 Å². The molecule has 1 spiro atoms. The van der Waals surface area contributed by atoms with Crippen LogP contribution in [0.3, 0.4) is 0 Å². The Morgan fingerprint density at radius 1 is 0.966 bits per heavy atom. The van der Waals surface area contributed by atoms with Gasteiger partial charge < -0.3 is 10.2 Å². The van der Waals surface area contributed by atoms with Crippen molar-refractivity contribution in [3.05, 3.63) is 24.3 Å². The minimum absolute atomic E-state index is 0.0883. The molecule has 0 radical (unpaired) electrons. The van der Waals surface area contributed by atoms with Crippen molar-refractivity contribution in [1.82, 2.24) is 29.8 Å². The maximum atomic E-state index is 5.09. The van der Waals surface area contributed by atoms with Gasteiger partial charge >= 0.3 is 0 Å². The lowest BCUT2D eigenvalue weighted by Crippen LogP contribution is -2.67. The Bertz CT molecular complexity index is 935. The van der Waals surface area contributed by atoms with E-state index in [1.165, 1.54) is 24.8 Å². The summed E-state index contributed by atoms with van der Waals surface area (Å²) in [6, 6.07) is 8.57. The van der Waals surface area contributed by atoms with E-state index in [1.807, 2.05) is 0 Å². The van der Waals surface area contributed by atoms with Gasteiger partial charge in [0.05, 0.1) is 17.7 Å². The summed E-state index contributed by atoms with van der Waals surface area (Å²) >= 11 is 0. The molecule has 6 rings (SSSR count). The number of hydrazine groups is 1. The number of aromatic nitrogens is 2. The number of nitrogens with one attached hydrogen (secondary N) is 1. The summed E-state index contributed by atoms with van der Waals surface area (Å²) in [4.78, 5) is 14.8. The number of piperazine rings is 1. The van der Waals surface area contributed by atoms with Crippen LogP contribution in [0.1, 0.15) is 32.1 Å². The molecule has 4 aliphatic rings. The minimum atomic E-state index is -0.0883. The van der Waals surface area contributed by atoms with E-state index in [4.69, 9.17) is 9.98 Å². The Kier molecular flexibility index (Phi) is 4.07. The normalized spacial score (nSPS) is 25.6. The lowest BCUT2D eigenvalue weighted by Gasteiger charge is -2.51. The van der Waals surface area contributed by atoms with E-state index in [0.717, 1.165) is 69.8 Å².